The molecule has 0 spiro atoms. The van der Waals surface area contributed by atoms with Crippen molar-refractivity contribution in [3.8, 4) is 0 Å². The molecule has 0 amide bonds. The van der Waals surface area contributed by atoms with E-state index in [2.05, 4.69) is 25.4 Å². The molecular formula is C10H17N. The quantitative estimate of drug-likeness (QED) is 0.422. The van der Waals surface area contributed by atoms with Gasteiger partial charge >= 0.3 is 0 Å². The maximum atomic E-state index is 4.29. The maximum absolute atomic E-state index is 4.29. The van der Waals surface area contributed by atoms with Gasteiger partial charge in [-0.3, -0.25) is 4.99 Å². The molecule has 0 bridgehead atoms. The molecule has 0 radical (unpaired) electrons. The van der Waals surface area contributed by atoms with Crippen molar-refractivity contribution in [3.05, 3.63) is 24.9 Å². The van der Waals surface area contributed by atoms with Gasteiger partial charge in [-0.05, 0) is 18.9 Å². The van der Waals surface area contributed by atoms with Crippen molar-refractivity contribution in [1.82, 2.24) is 0 Å². The SMILES string of the molecule is C=C/C=C\N=C(CC)CCC. The first-order valence-electron chi connectivity index (χ1n) is 4.18. The summed E-state index contributed by atoms with van der Waals surface area (Å²) in [5.41, 5.74) is 1.27. The van der Waals surface area contributed by atoms with Crippen molar-refractivity contribution < 1.29 is 0 Å². The molecule has 1 heteroatoms. The Morgan fingerprint density at radius 1 is 1.45 bits per heavy atom. The van der Waals surface area contributed by atoms with Gasteiger partial charge in [0.15, 0.2) is 0 Å². The van der Waals surface area contributed by atoms with E-state index in [1.807, 2.05) is 12.3 Å². The smallest absolute Gasteiger partial charge is 0.0266 e. The van der Waals surface area contributed by atoms with Gasteiger partial charge in [-0.2, -0.15) is 0 Å². The molecule has 11 heavy (non-hydrogen) atoms. The molecule has 0 aliphatic rings. The highest BCUT2D eigenvalue weighted by Crippen LogP contribution is 1.97. The van der Waals surface area contributed by atoms with Gasteiger partial charge in [0, 0.05) is 11.9 Å². The van der Waals surface area contributed by atoms with Crippen molar-refractivity contribution in [3.63, 3.8) is 0 Å². The van der Waals surface area contributed by atoms with Crippen LogP contribution in [0.15, 0.2) is 29.9 Å². The van der Waals surface area contributed by atoms with E-state index in [9.17, 15) is 0 Å². The molecule has 0 aromatic heterocycles. The lowest BCUT2D eigenvalue weighted by Gasteiger charge is -1.96. The molecule has 0 aromatic rings. The van der Waals surface area contributed by atoms with Crippen LogP contribution in [-0.4, -0.2) is 5.71 Å². The fourth-order valence-electron chi connectivity index (χ4n) is 0.830. The summed E-state index contributed by atoms with van der Waals surface area (Å²) in [5.74, 6) is 0. The summed E-state index contributed by atoms with van der Waals surface area (Å²) in [7, 11) is 0. The Balaban J connectivity index is 3.88. The van der Waals surface area contributed by atoms with Crippen LogP contribution in [0.4, 0.5) is 0 Å². The summed E-state index contributed by atoms with van der Waals surface area (Å²) in [5, 5.41) is 0. The Morgan fingerprint density at radius 2 is 2.18 bits per heavy atom. The van der Waals surface area contributed by atoms with Gasteiger partial charge < -0.3 is 0 Å². The minimum Gasteiger partial charge on any atom is -0.266 e. The molecule has 0 aromatic carbocycles. The van der Waals surface area contributed by atoms with Crippen LogP contribution in [0.25, 0.3) is 0 Å². The molecule has 0 aliphatic heterocycles. The number of hydrogen-bond acceptors (Lipinski definition) is 1. The van der Waals surface area contributed by atoms with Crippen LogP contribution in [0.2, 0.25) is 0 Å². The lowest BCUT2D eigenvalue weighted by Crippen LogP contribution is -1.93. The highest BCUT2D eigenvalue weighted by atomic mass is 14.7. The summed E-state index contributed by atoms with van der Waals surface area (Å²) in [6.45, 7) is 7.88. The first-order chi connectivity index (χ1) is 5.35. The van der Waals surface area contributed by atoms with Crippen molar-refractivity contribution in [2.75, 3.05) is 0 Å². The van der Waals surface area contributed by atoms with Crippen LogP contribution in [0.1, 0.15) is 33.1 Å². The number of rotatable bonds is 5. The van der Waals surface area contributed by atoms with Crippen LogP contribution >= 0.6 is 0 Å². The molecule has 0 saturated heterocycles. The molecule has 0 atom stereocenters. The number of hydrogen-bond donors (Lipinski definition) is 0. The van der Waals surface area contributed by atoms with Crippen LogP contribution < -0.4 is 0 Å². The number of nitrogens with zero attached hydrogens (tertiary/aromatic N) is 1. The van der Waals surface area contributed by atoms with E-state index in [1.165, 1.54) is 12.1 Å². The lowest BCUT2D eigenvalue weighted by molar-refractivity contribution is 0.966. The van der Waals surface area contributed by atoms with Crippen LogP contribution in [0.5, 0.6) is 0 Å². The summed E-state index contributed by atoms with van der Waals surface area (Å²) in [4.78, 5) is 4.29. The third-order valence-electron chi connectivity index (χ3n) is 1.43. The Kier molecular flexibility index (Phi) is 6.70. The first-order valence-corrected chi connectivity index (χ1v) is 4.18. The third-order valence-corrected chi connectivity index (χ3v) is 1.43. The van der Waals surface area contributed by atoms with Crippen molar-refractivity contribution in [2.24, 2.45) is 4.99 Å². The van der Waals surface area contributed by atoms with Gasteiger partial charge in [0.05, 0.1) is 0 Å². The molecule has 1 nitrogen and oxygen atoms in total. The Labute approximate surface area is 69.5 Å². The summed E-state index contributed by atoms with van der Waals surface area (Å²) in [6, 6.07) is 0. The van der Waals surface area contributed by atoms with E-state index in [-0.39, 0.29) is 0 Å². The molecule has 0 heterocycles. The van der Waals surface area contributed by atoms with Crippen molar-refractivity contribution in [1.29, 1.82) is 0 Å². The molecule has 0 unspecified atom stereocenters. The molecule has 0 aliphatic carbocycles. The van der Waals surface area contributed by atoms with E-state index >= 15 is 0 Å². The van der Waals surface area contributed by atoms with Gasteiger partial charge in [0.25, 0.3) is 0 Å². The zero-order valence-corrected chi connectivity index (χ0v) is 7.51. The highest BCUT2D eigenvalue weighted by molar-refractivity contribution is 5.84. The Bertz CT molecular complexity index is 154. The Morgan fingerprint density at radius 3 is 2.64 bits per heavy atom. The standard InChI is InChI=1S/C10H17N/c1-4-7-9-11-10(6-3)8-5-2/h4,7,9H,1,5-6,8H2,2-3H3/b9-7-,11-10?. The van der Waals surface area contributed by atoms with E-state index in [0.29, 0.717) is 0 Å². The zero-order chi connectivity index (χ0) is 8.53. The van der Waals surface area contributed by atoms with Crippen molar-refractivity contribution in [2.45, 2.75) is 33.1 Å². The van der Waals surface area contributed by atoms with E-state index in [0.717, 1.165) is 12.8 Å². The van der Waals surface area contributed by atoms with E-state index in [4.69, 9.17) is 0 Å². The predicted octanol–water partition coefficient (Wildman–Crippen LogP) is 3.34. The average Bonchev–Trinajstić information content (AvgIpc) is 2.03. The number of allylic oxidation sites excluding steroid dienone is 2. The average molecular weight is 151 g/mol. The van der Waals surface area contributed by atoms with Gasteiger partial charge in [0.2, 0.25) is 0 Å². The van der Waals surface area contributed by atoms with Crippen LogP contribution in [0.3, 0.4) is 0 Å². The second-order valence-electron chi connectivity index (χ2n) is 2.38. The topological polar surface area (TPSA) is 12.4 Å². The molecular weight excluding hydrogens is 134 g/mol. The maximum Gasteiger partial charge on any atom is 0.0266 e. The molecule has 0 saturated carbocycles. The minimum atomic E-state index is 1.05. The van der Waals surface area contributed by atoms with Gasteiger partial charge in [-0.25, -0.2) is 0 Å². The van der Waals surface area contributed by atoms with Gasteiger partial charge in [-0.1, -0.05) is 32.9 Å². The van der Waals surface area contributed by atoms with E-state index < -0.39 is 0 Å². The fraction of sp³-hybridized carbons (Fsp3) is 0.500. The number of aliphatic imine (C=N–C) groups is 1. The minimum absolute atomic E-state index is 1.05. The van der Waals surface area contributed by atoms with Gasteiger partial charge in [-0.15, -0.1) is 0 Å². The highest BCUT2D eigenvalue weighted by Gasteiger charge is 1.90. The van der Waals surface area contributed by atoms with E-state index in [1.54, 1.807) is 6.08 Å². The monoisotopic (exact) mass is 151 g/mol. The second-order valence-corrected chi connectivity index (χ2v) is 2.38. The van der Waals surface area contributed by atoms with Gasteiger partial charge in [0.1, 0.15) is 0 Å². The summed E-state index contributed by atoms with van der Waals surface area (Å²) in [6.07, 6.45) is 8.73. The van der Waals surface area contributed by atoms with Crippen molar-refractivity contribution >= 4 is 5.71 Å². The zero-order valence-electron chi connectivity index (χ0n) is 7.51. The third kappa shape index (κ3) is 5.59. The normalized spacial score (nSPS) is 12.4. The second kappa shape index (κ2) is 7.26. The van der Waals surface area contributed by atoms with Crippen LogP contribution in [0, 0.1) is 0 Å². The fourth-order valence-corrected chi connectivity index (χ4v) is 0.830. The molecule has 0 N–H and O–H groups in total. The molecule has 0 fully saturated rings. The largest absolute Gasteiger partial charge is 0.266 e. The molecule has 0 rings (SSSR count). The van der Waals surface area contributed by atoms with Crippen LogP contribution in [-0.2, 0) is 0 Å². The molecule has 62 valence electrons. The lowest BCUT2D eigenvalue weighted by atomic mass is 10.2. The first kappa shape index (κ1) is 10.2. The summed E-state index contributed by atoms with van der Waals surface area (Å²) >= 11 is 0. The predicted molar refractivity (Wildman–Crippen MR) is 52.0 cm³/mol. The summed E-state index contributed by atoms with van der Waals surface area (Å²) < 4.78 is 0. The Hall–Kier alpha value is -0.850.